The average molecular weight is 346 g/mol. The third-order valence-corrected chi connectivity index (χ3v) is 5.23. The van der Waals surface area contributed by atoms with Crippen molar-refractivity contribution in [2.45, 2.75) is 18.8 Å². The molecule has 0 radical (unpaired) electrons. The van der Waals surface area contributed by atoms with Crippen molar-refractivity contribution in [3.8, 4) is 10.7 Å². The molecule has 1 fully saturated rings. The molecule has 2 aromatic heterocycles. The number of hydrazine groups is 1. The number of aromatic nitrogens is 2. The van der Waals surface area contributed by atoms with E-state index in [0.717, 1.165) is 15.0 Å². The number of hydrogen-bond donors (Lipinski definition) is 2. The zero-order valence-electron chi connectivity index (χ0n) is 9.28. The van der Waals surface area contributed by atoms with E-state index in [-0.39, 0.29) is 0 Å². The van der Waals surface area contributed by atoms with Gasteiger partial charge in [0.2, 0.25) is 0 Å². The van der Waals surface area contributed by atoms with Crippen molar-refractivity contribution in [2.24, 2.45) is 5.84 Å². The van der Waals surface area contributed by atoms with Crippen LogP contribution in [0.3, 0.4) is 0 Å². The molecule has 2 aromatic rings. The predicted octanol–water partition coefficient (Wildman–Crippen LogP) is 3.78. The van der Waals surface area contributed by atoms with Crippen LogP contribution in [0.15, 0.2) is 16.6 Å². The summed E-state index contributed by atoms with van der Waals surface area (Å²) in [6.45, 7) is 0. The lowest BCUT2D eigenvalue weighted by Gasteiger charge is -2.05. The summed E-state index contributed by atoms with van der Waals surface area (Å²) in [5.41, 5.74) is 3.64. The monoisotopic (exact) mass is 344 g/mol. The summed E-state index contributed by atoms with van der Waals surface area (Å²) in [5.74, 6) is 7.32. The normalized spacial score (nSPS) is 14.8. The Balaban J connectivity index is 2.07. The fraction of sp³-hybridized carbons (Fsp3) is 0.273. The number of nitrogens with one attached hydrogen (secondary N) is 1. The molecule has 0 aromatic carbocycles. The van der Waals surface area contributed by atoms with Crippen LogP contribution in [-0.4, -0.2) is 9.97 Å². The number of nitrogens with two attached hydrogens (primary N) is 1. The molecule has 7 heteroatoms. The molecule has 0 saturated heterocycles. The first-order valence-electron chi connectivity index (χ1n) is 5.48. The SMILES string of the molecule is NNc1cc(C2CC2)nc(-c2cc(Br)c(Cl)s2)n1. The smallest absolute Gasteiger partial charge is 0.172 e. The quantitative estimate of drug-likeness (QED) is 0.656. The third-order valence-electron chi connectivity index (χ3n) is 2.76. The van der Waals surface area contributed by atoms with Crippen LogP contribution in [0.25, 0.3) is 10.7 Å². The minimum Gasteiger partial charge on any atom is -0.308 e. The lowest BCUT2D eigenvalue weighted by Crippen LogP contribution is -2.10. The van der Waals surface area contributed by atoms with Crippen molar-refractivity contribution in [3.63, 3.8) is 0 Å². The van der Waals surface area contributed by atoms with Crippen molar-refractivity contribution in [1.29, 1.82) is 0 Å². The molecule has 3 rings (SSSR count). The Morgan fingerprint density at radius 3 is 2.72 bits per heavy atom. The van der Waals surface area contributed by atoms with Crippen molar-refractivity contribution < 1.29 is 0 Å². The molecule has 1 aliphatic carbocycles. The van der Waals surface area contributed by atoms with E-state index in [0.29, 0.717) is 21.9 Å². The molecule has 3 N–H and O–H groups in total. The molecule has 0 bridgehead atoms. The van der Waals surface area contributed by atoms with Crippen LogP contribution in [0.1, 0.15) is 24.5 Å². The molecule has 0 spiro atoms. The van der Waals surface area contributed by atoms with Crippen LogP contribution in [0.5, 0.6) is 0 Å². The Bertz CT molecular complexity index is 577. The number of nitrogens with zero attached hydrogens (tertiary/aromatic N) is 2. The molecule has 18 heavy (non-hydrogen) atoms. The largest absolute Gasteiger partial charge is 0.308 e. The van der Waals surface area contributed by atoms with Gasteiger partial charge in [-0.05, 0) is 34.8 Å². The van der Waals surface area contributed by atoms with E-state index in [4.69, 9.17) is 17.4 Å². The van der Waals surface area contributed by atoms with Gasteiger partial charge in [-0.3, -0.25) is 0 Å². The Hall–Kier alpha value is -0.690. The van der Waals surface area contributed by atoms with E-state index in [9.17, 15) is 0 Å². The van der Waals surface area contributed by atoms with Crippen molar-refractivity contribution >= 4 is 44.7 Å². The number of hydrogen-bond acceptors (Lipinski definition) is 5. The molecule has 0 unspecified atom stereocenters. The molecule has 0 atom stereocenters. The standard InChI is InChI=1S/C11H10BrClN4S/c12-6-3-8(18-10(6)13)11-15-7(5-1-2-5)4-9(16-11)17-14/h3-5H,1-2,14H2,(H,15,16,17). The summed E-state index contributed by atoms with van der Waals surface area (Å²) >= 11 is 10.9. The number of thiophene rings is 1. The van der Waals surface area contributed by atoms with Crippen molar-refractivity contribution in [1.82, 2.24) is 9.97 Å². The van der Waals surface area contributed by atoms with Gasteiger partial charge in [0.05, 0.1) is 4.88 Å². The van der Waals surface area contributed by atoms with Gasteiger partial charge in [-0.2, -0.15) is 0 Å². The molecule has 0 aliphatic heterocycles. The first kappa shape index (κ1) is 12.3. The van der Waals surface area contributed by atoms with Gasteiger partial charge in [0.15, 0.2) is 5.82 Å². The lowest BCUT2D eigenvalue weighted by molar-refractivity contribution is 0.993. The fourth-order valence-corrected chi connectivity index (χ4v) is 3.33. The van der Waals surface area contributed by atoms with Gasteiger partial charge in [-0.25, -0.2) is 15.8 Å². The zero-order chi connectivity index (χ0) is 12.7. The van der Waals surface area contributed by atoms with E-state index in [1.54, 1.807) is 0 Å². The van der Waals surface area contributed by atoms with Gasteiger partial charge >= 0.3 is 0 Å². The Labute approximate surface area is 122 Å². The minimum absolute atomic E-state index is 0.553. The first-order chi connectivity index (χ1) is 8.67. The second-order valence-corrected chi connectivity index (χ2v) is 6.66. The number of nitrogen functional groups attached to an aromatic ring is 1. The fourth-order valence-electron chi connectivity index (χ4n) is 1.70. The Kier molecular flexibility index (Phi) is 3.27. The topological polar surface area (TPSA) is 63.8 Å². The van der Waals surface area contributed by atoms with E-state index in [1.807, 2.05) is 12.1 Å². The highest BCUT2D eigenvalue weighted by Gasteiger charge is 2.26. The van der Waals surface area contributed by atoms with E-state index in [2.05, 4.69) is 31.3 Å². The van der Waals surface area contributed by atoms with Crippen LogP contribution in [0, 0.1) is 0 Å². The summed E-state index contributed by atoms with van der Waals surface area (Å²) in [7, 11) is 0. The molecule has 4 nitrogen and oxygen atoms in total. The van der Waals surface area contributed by atoms with Crippen LogP contribution in [-0.2, 0) is 0 Å². The van der Waals surface area contributed by atoms with Gasteiger partial charge in [0, 0.05) is 22.2 Å². The highest BCUT2D eigenvalue weighted by atomic mass is 79.9. The Morgan fingerprint density at radius 2 is 2.17 bits per heavy atom. The lowest BCUT2D eigenvalue weighted by atomic mass is 10.2. The summed E-state index contributed by atoms with van der Waals surface area (Å²) < 4.78 is 1.57. The summed E-state index contributed by atoms with van der Waals surface area (Å²) in [6.07, 6.45) is 2.38. The number of anilines is 1. The van der Waals surface area contributed by atoms with Crippen LogP contribution in [0.2, 0.25) is 4.34 Å². The maximum absolute atomic E-state index is 6.04. The summed E-state index contributed by atoms with van der Waals surface area (Å²) in [4.78, 5) is 9.90. The summed E-state index contributed by atoms with van der Waals surface area (Å²) in [6, 6.07) is 3.84. The van der Waals surface area contributed by atoms with E-state index < -0.39 is 0 Å². The highest BCUT2D eigenvalue weighted by molar-refractivity contribution is 9.10. The molecule has 94 valence electrons. The maximum Gasteiger partial charge on any atom is 0.172 e. The van der Waals surface area contributed by atoms with Gasteiger partial charge in [0.25, 0.3) is 0 Å². The molecular weight excluding hydrogens is 336 g/mol. The predicted molar refractivity (Wildman–Crippen MR) is 77.8 cm³/mol. The molecule has 1 aliphatic rings. The van der Waals surface area contributed by atoms with Crippen LogP contribution >= 0.6 is 38.9 Å². The molecule has 0 amide bonds. The second-order valence-electron chi connectivity index (χ2n) is 4.15. The molecule has 1 saturated carbocycles. The third kappa shape index (κ3) is 2.38. The summed E-state index contributed by atoms with van der Waals surface area (Å²) in [5, 5.41) is 0. The average Bonchev–Trinajstić information content (AvgIpc) is 3.16. The van der Waals surface area contributed by atoms with E-state index >= 15 is 0 Å². The first-order valence-corrected chi connectivity index (χ1v) is 7.47. The van der Waals surface area contributed by atoms with Gasteiger partial charge in [-0.1, -0.05) is 11.6 Å². The zero-order valence-corrected chi connectivity index (χ0v) is 12.4. The maximum atomic E-state index is 6.04. The number of rotatable bonds is 3. The minimum atomic E-state index is 0.553. The van der Waals surface area contributed by atoms with E-state index in [1.165, 1.54) is 24.2 Å². The van der Waals surface area contributed by atoms with Crippen molar-refractivity contribution in [2.75, 3.05) is 5.43 Å². The van der Waals surface area contributed by atoms with Crippen molar-refractivity contribution in [3.05, 3.63) is 26.6 Å². The second kappa shape index (κ2) is 4.77. The van der Waals surface area contributed by atoms with Gasteiger partial charge < -0.3 is 5.43 Å². The van der Waals surface area contributed by atoms with Gasteiger partial charge in [0.1, 0.15) is 10.2 Å². The molecular formula is C11H10BrClN4S. The van der Waals surface area contributed by atoms with Gasteiger partial charge in [-0.15, -0.1) is 11.3 Å². The highest BCUT2D eigenvalue weighted by Crippen LogP contribution is 2.41. The number of halogens is 2. The van der Waals surface area contributed by atoms with Crippen LogP contribution in [0.4, 0.5) is 5.82 Å². The molecule has 2 heterocycles. The Morgan fingerprint density at radius 1 is 1.39 bits per heavy atom. The van der Waals surface area contributed by atoms with Crippen LogP contribution < -0.4 is 11.3 Å².